The fourth-order valence-electron chi connectivity index (χ4n) is 4.68. The zero-order chi connectivity index (χ0) is 24.7. The highest BCUT2D eigenvalue weighted by Gasteiger charge is 2.34. The summed E-state index contributed by atoms with van der Waals surface area (Å²) in [5.41, 5.74) is 1.93. The van der Waals surface area contributed by atoms with Gasteiger partial charge in [0, 0.05) is 55.3 Å². The highest BCUT2D eigenvalue weighted by Crippen LogP contribution is 2.25. The average Bonchev–Trinajstić information content (AvgIpc) is 3.43. The van der Waals surface area contributed by atoms with E-state index in [0.717, 1.165) is 30.1 Å². The number of H-pyrrole nitrogens is 1. The molecule has 3 amide bonds. The molecule has 0 bridgehead atoms. The van der Waals surface area contributed by atoms with Gasteiger partial charge in [0.15, 0.2) is 5.01 Å². The minimum Gasteiger partial charge on any atom is -0.351 e. The number of carbonyl (C=O) groups is 3. The molecule has 0 radical (unpaired) electrons. The van der Waals surface area contributed by atoms with Crippen LogP contribution in [0.25, 0.3) is 10.9 Å². The number of hydrogen-bond acceptors (Lipinski definition) is 6. The van der Waals surface area contributed by atoms with Gasteiger partial charge < -0.3 is 25.4 Å². The van der Waals surface area contributed by atoms with E-state index < -0.39 is 6.04 Å². The molecule has 2 unspecified atom stereocenters. The highest BCUT2D eigenvalue weighted by atomic mass is 35.5. The van der Waals surface area contributed by atoms with Crippen molar-refractivity contribution in [3.63, 3.8) is 0 Å². The summed E-state index contributed by atoms with van der Waals surface area (Å²) in [4.78, 5) is 50.6. The van der Waals surface area contributed by atoms with Crippen molar-refractivity contribution in [2.75, 3.05) is 26.7 Å². The third-order valence-corrected chi connectivity index (χ3v) is 7.72. The van der Waals surface area contributed by atoms with Crippen molar-refractivity contribution in [3.8, 4) is 0 Å². The Balaban J connectivity index is 0.00000304. The summed E-state index contributed by atoms with van der Waals surface area (Å²) >= 11 is 1.39. The first kappa shape index (κ1) is 26.1. The van der Waals surface area contributed by atoms with E-state index in [0.29, 0.717) is 34.6 Å². The number of thiazole rings is 1. The lowest BCUT2D eigenvalue weighted by Gasteiger charge is -2.38. The van der Waals surface area contributed by atoms with Crippen LogP contribution in [0, 0.1) is 5.82 Å². The molecule has 2 aliphatic heterocycles. The fraction of sp³-hybridized carbons (Fsp3) is 0.417. The molecule has 0 aliphatic carbocycles. The van der Waals surface area contributed by atoms with E-state index in [9.17, 15) is 18.8 Å². The van der Waals surface area contributed by atoms with Crippen LogP contribution in [-0.4, -0.2) is 76.3 Å². The van der Waals surface area contributed by atoms with E-state index in [2.05, 4.69) is 25.5 Å². The number of carbonyl (C=O) groups excluding carboxylic acids is 3. The van der Waals surface area contributed by atoms with Crippen molar-refractivity contribution in [3.05, 3.63) is 51.4 Å². The van der Waals surface area contributed by atoms with E-state index >= 15 is 0 Å². The van der Waals surface area contributed by atoms with Gasteiger partial charge in [-0.3, -0.25) is 14.4 Å². The van der Waals surface area contributed by atoms with Crippen LogP contribution in [0.3, 0.4) is 0 Å². The van der Waals surface area contributed by atoms with Crippen molar-refractivity contribution < 1.29 is 18.8 Å². The van der Waals surface area contributed by atoms with Crippen molar-refractivity contribution >= 4 is 52.4 Å². The van der Waals surface area contributed by atoms with E-state index in [1.54, 1.807) is 17.0 Å². The standard InChI is InChI=1S/C24H27FN6O3S.ClH/c1-13(32)31-8-6-17(27-22(33)19-10-14-9-15(25)3-4-16(14)26-19)20(11-31)28-23(34)24-29-18-5-7-30(2)12-21(18)35-24;/h3-4,9-10,17,20,26H,5-8,11-12H2,1-2H3,(H,27,33)(H,28,34);1H. The lowest BCUT2D eigenvalue weighted by Crippen LogP contribution is -2.61. The molecule has 3 aromatic rings. The number of aromatic nitrogens is 2. The molecule has 2 aromatic heterocycles. The third-order valence-electron chi connectivity index (χ3n) is 6.63. The zero-order valence-corrected chi connectivity index (χ0v) is 21.6. The van der Waals surface area contributed by atoms with Gasteiger partial charge in [0.05, 0.1) is 17.8 Å². The third kappa shape index (κ3) is 5.37. The lowest BCUT2D eigenvalue weighted by atomic mass is 9.98. The number of benzene rings is 1. The number of halogens is 2. The van der Waals surface area contributed by atoms with Gasteiger partial charge in [0.2, 0.25) is 5.91 Å². The molecule has 2 aliphatic rings. The van der Waals surface area contributed by atoms with E-state index in [-0.39, 0.29) is 48.5 Å². The average molecular weight is 535 g/mol. The maximum absolute atomic E-state index is 13.5. The molecule has 192 valence electrons. The summed E-state index contributed by atoms with van der Waals surface area (Å²) < 4.78 is 13.5. The molecule has 12 heteroatoms. The number of likely N-dealkylation sites (N-methyl/N-ethyl adjacent to an activating group) is 1. The number of rotatable bonds is 4. The zero-order valence-electron chi connectivity index (χ0n) is 20.0. The Morgan fingerprint density at radius 2 is 1.92 bits per heavy atom. The van der Waals surface area contributed by atoms with Gasteiger partial charge in [0.1, 0.15) is 11.5 Å². The van der Waals surface area contributed by atoms with Crippen molar-refractivity contribution in [1.82, 2.24) is 30.4 Å². The number of piperidine rings is 1. The number of aromatic amines is 1. The second-order valence-corrected chi connectivity index (χ2v) is 10.3. The SMILES string of the molecule is CC(=O)N1CCC(NC(=O)c2cc3cc(F)ccc3[nH]2)C(NC(=O)c2nc3c(s2)CN(C)CC3)C1.Cl. The Kier molecular flexibility index (Phi) is 7.62. The Hall–Kier alpha value is -3.02. The summed E-state index contributed by atoms with van der Waals surface area (Å²) in [7, 11) is 2.04. The minimum atomic E-state index is -0.477. The van der Waals surface area contributed by atoms with E-state index in [4.69, 9.17) is 0 Å². The molecule has 2 atom stereocenters. The van der Waals surface area contributed by atoms with Crippen LogP contribution in [0.15, 0.2) is 24.3 Å². The largest absolute Gasteiger partial charge is 0.351 e. The number of hydrogen-bond donors (Lipinski definition) is 3. The number of amides is 3. The Bertz CT molecular complexity index is 1310. The molecule has 4 heterocycles. The summed E-state index contributed by atoms with van der Waals surface area (Å²) in [5.74, 6) is -1.12. The Morgan fingerprint density at radius 1 is 1.14 bits per heavy atom. The molecule has 1 fully saturated rings. The lowest BCUT2D eigenvalue weighted by molar-refractivity contribution is -0.130. The maximum atomic E-state index is 13.5. The number of likely N-dealkylation sites (tertiary alicyclic amines) is 1. The molecule has 5 rings (SSSR count). The first-order chi connectivity index (χ1) is 16.8. The van der Waals surface area contributed by atoms with Crippen molar-refractivity contribution in [2.45, 2.75) is 38.4 Å². The summed E-state index contributed by atoms with van der Waals surface area (Å²) in [6.45, 7) is 3.93. The second-order valence-electron chi connectivity index (χ2n) is 9.20. The summed E-state index contributed by atoms with van der Waals surface area (Å²) in [6.07, 6.45) is 1.30. The molecular weight excluding hydrogens is 507 g/mol. The van der Waals surface area contributed by atoms with Crippen LogP contribution in [0.4, 0.5) is 4.39 Å². The molecule has 0 saturated carbocycles. The van der Waals surface area contributed by atoms with Gasteiger partial charge in [-0.05, 0) is 37.7 Å². The van der Waals surface area contributed by atoms with Crippen LogP contribution in [0.1, 0.15) is 44.2 Å². The minimum absolute atomic E-state index is 0. The Labute approximate surface area is 217 Å². The van der Waals surface area contributed by atoms with Crippen LogP contribution in [-0.2, 0) is 17.8 Å². The van der Waals surface area contributed by atoms with Crippen LogP contribution in [0.5, 0.6) is 0 Å². The Morgan fingerprint density at radius 3 is 2.69 bits per heavy atom. The van der Waals surface area contributed by atoms with Crippen molar-refractivity contribution in [2.24, 2.45) is 0 Å². The van der Waals surface area contributed by atoms with Gasteiger partial charge in [-0.25, -0.2) is 9.37 Å². The summed E-state index contributed by atoms with van der Waals surface area (Å²) in [5, 5.41) is 7.00. The molecule has 0 spiro atoms. The van der Waals surface area contributed by atoms with Gasteiger partial charge in [0.25, 0.3) is 11.8 Å². The molecule has 1 aromatic carbocycles. The maximum Gasteiger partial charge on any atom is 0.280 e. The quantitative estimate of drug-likeness (QED) is 0.476. The smallest absolute Gasteiger partial charge is 0.280 e. The fourth-order valence-corrected chi connectivity index (χ4v) is 5.77. The molecule has 1 saturated heterocycles. The first-order valence-electron chi connectivity index (χ1n) is 11.6. The number of fused-ring (bicyclic) bond motifs is 2. The van der Waals surface area contributed by atoms with Gasteiger partial charge >= 0.3 is 0 Å². The van der Waals surface area contributed by atoms with Crippen molar-refractivity contribution in [1.29, 1.82) is 0 Å². The van der Waals surface area contributed by atoms with E-state index in [1.807, 2.05) is 7.05 Å². The van der Waals surface area contributed by atoms with Gasteiger partial charge in [-0.2, -0.15) is 0 Å². The van der Waals surface area contributed by atoms with Gasteiger partial charge in [-0.1, -0.05) is 0 Å². The predicted molar refractivity (Wildman–Crippen MR) is 137 cm³/mol. The highest BCUT2D eigenvalue weighted by molar-refractivity contribution is 7.13. The summed E-state index contributed by atoms with van der Waals surface area (Å²) in [6, 6.07) is 5.02. The van der Waals surface area contributed by atoms with Gasteiger partial charge in [-0.15, -0.1) is 23.7 Å². The normalized spacial score (nSPS) is 19.9. The number of nitrogens with one attached hydrogen (secondary N) is 3. The predicted octanol–water partition coefficient (Wildman–Crippen LogP) is 2.32. The second kappa shape index (κ2) is 10.5. The van der Waals surface area contributed by atoms with Crippen LogP contribution < -0.4 is 10.6 Å². The van der Waals surface area contributed by atoms with Crippen LogP contribution in [0.2, 0.25) is 0 Å². The van der Waals surface area contributed by atoms with Crippen LogP contribution >= 0.6 is 23.7 Å². The number of nitrogens with zero attached hydrogens (tertiary/aromatic N) is 3. The molecule has 36 heavy (non-hydrogen) atoms. The molecule has 3 N–H and O–H groups in total. The first-order valence-corrected chi connectivity index (χ1v) is 12.4. The van der Waals surface area contributed by atoms with E-state index in [1.165, 1.54) is 30.4 Å². The topological polar surface area (TPSA) is 110 Å². The monoisotopic (exact) mass is 534 g/mol. The molecular formula is C24H28ClFN6O3S. The molecule has 9 nitrogen and oxygen atoms in total.